The summed E-state index contributed by atoms with van der Waals surface area (Å²) in [4.78, 5) is 3.56. The summed E-state index contributed by atoms with van der Waals surface area (Å²) < 4.78 is 31.3. The maximum atomic E-state index is 12.7. The number of nitrogens with zero attached hydrogens (tertiary/aromatic N) is 2. The van der Waals surface area contributed by atoms with Crippen molar-refractivity contribution < 1.29 is 23.4 Å². The van der Waals surface area contributed by atoms with Gasteiger partial charge in [-0.05, 0) is 18.2 Å². The highest BCUT2D eigenvalue weighted by Crippen LogP contribution is 2.34. The summed E-state index contributed by atoms with van der Waals surface area (Å²) in [5, 5.41) is 20.1. The first-order valence-electron chi connectivity index (χ1n) is 6.78. The van der Waals surface area contributed by atoms with Crippen molar-refractivity contribution in [2.24, 2.45) is 0 Å². The minimum absolute atomic E-state index is 0.0349. The molecule has 2 rings (SSSR count). The molecule has 1 atom stereocenters. The van der Waals surface area contributed by atoms with Crippen LogP contribution in [0.2, 0.25) is 0 Å². The van der Waals surface area contributed by atoms with E-state index in [-0.39, 0.29) is 17.2 Å². The molecule has 0 spiro atoms. The Kier molecular flexibility index (Phi) is 5.19. The molecule has 0 aliphatic carbocycles. The van der Waals surface area contributed by atoms with Gasteiger partial charge < -0.3 is 14.9 Å². The summed E-state index contributed by atoms with van der Waals surface area (Å²) in [5.74, 6) is -0.375. The van der Waals surface area contributed by atoms with Gasteiger partial charge in [0, 0.05) is 31.5 Å². The number of aliphatic hydroxyl groups is 1. The quantitative estimate of drug-likeness (QED) is 0.819. The summed E-state index contributed by atoms with van der Waals surface area (Å²) in [6, 6.07) is 7.49. The van der Waals surface area contributed by atoms with Crippen molar-refractivity contribution in [1.82, 2.24) is 9.29 Å². The Labute approximate surface area is 134 Å². The van der Waals surface area contributed by atoms with Gasteiger partial charge in [-0.1, -0.05) is 12.1 Å². The molecule has 0 fully saturated rings. The molecule has 1 heterocycles. The normalized spacial score (nSPS) is 13.0. The third-order valence-corrected chi connectivity index (χ3v) is 5.24. The molecule has 2 N–H and O–H groups in total. The van der Waals surface area contributed by atoms with Crippen LogP contribution in [0.5, 0.6) is 11.5 Å². The lowest BCUT2D eigenvalue weighted by atomic mass is 10.2. The number of hydrogen-bond acceptors (Lipinski definition) is 6. The lowest BCUT2D eigenvalue weighted by molar-refractivity contribution is 0.154. The fourth-order valence-electron chi connectivity index (χ4n) is 2.10. The fraction of sp³-hybridized carbons (Fsp3) is 0.267. The Morgan fingerprint density at radius 1 is 1.30 bits per heavy atom. The Morgan fingerprint density at radius 2 is 2.04 bits per heavy atom. The molecule has 0 saturated heterocycles. The molecule has 8 heteroatoms. The summed E-state index contributed by atoms with van der Waals surface area (Å²) in [6.45, 7) is -0.189. The molecule has 23 heavy (non-hydrogen) atoms. The van der Waals surface area contributed by atoms with E-state index in [1.54, 1.807) is 18.3 Å². The van der Waals surface area contributed by atoms with Crippen LogP contribution in [-0.4, -0.2) is 48.6 Å². The Bertz CT molecular complexity index is 765. The topological polar surface area (TPSA) is 100.0 Å². The van der Waals surface area contributed by atoms with Gasteiger partial charge in [-0.15, -0.1) is 0 Å². The number of rotatable bonds is 6. The van der Waals surface area contributed by atoms with E-state index in [0.717, 1.165) is 4.31 Å². The number of hydrogen-bond donors (Lipinski definition) is 2. The first kappa shape index (κ1) is 17.2. The summed E-state index contributed by atoms with van der Waals surface area (Å²) in [6.07, 6.45) is 1.98. The number of aromatic hydroxyl groups is 1. The van der Waals surface area contributed by atoms with Crippen molar-refractivity contribution in [3.63, 3.8) is 0 Å². The lowest BCUT2D eigenvalue weighted by Gasteiger charge is -2.22. The van der Waals surface area contributed by atoms with Crippen molar-refractivity contribution in [2.75, 3.05) is 20.7 Å². The van der Waals surface area contributed by atoms with Gasteiger partial charge in [0.1, 0.15) is 11.5 Å². The van der Waals surface area contributed by atoms with Crippen molar-refractivity contribution in [3.8, 4) is 11.5 Å². The van der Waals surface area contributed by atoms with E-state index in [1.807, 2.05) is 0 Å². The van der Waals surface area contributed by atoms with Crippen LogP contribution in [0.25, 0.3) is 0 Å². The predicted molar refractivity (Wildman–Crippen MR) is 83.7 cm³/mol. The highest BCUT2D eigenvalue weighted by molar-refractivity contribution is 7.89. The third kappa shape index (κ3) is 3.61. The van der Waals surface area contributed by atoms with Crippen molar-refractivity contribution in [2.45, 2.75) is 11.0 Å². The predicted octanol–water partition coefficient (Wildman–Crippen LogP) is 1.15. The molecular weight excluding hydrogens is 320 g/mol. The number of phenolic OH excluding ortho intramolecular Hbond substituents is 1. The number of aromatic nitrogens is 1. The molecule has 1 unspecified atom stereocenters. The van der Waals surface area contributed by atoms with Crippen LogP contribution in [0, 0.1) is 0 Å². The zero-order valence-corrected chi connectivity index (χ0v) is 13.6. The number of aliphatic hydroxyl groups excluding tert-OH is 1. The number of ether oxygens (including phenoxy) is 1. The van der Waals surface area contributed by atoms with E-state index in [1.165, 1.54) is 38.6 Å². The van der Waals surface area contributed by atoms with Crippen LogP contribution in [-0.2, 0) is 10.0 Å². The molecule has 0 aliphatic heterocycles. The number of phenols is 1. The molecular formula is C15H18N2O5S. The third-order valence-electron chi connectivity index (χ3n) is 3.35. The number of benzene rings is 1. The second-order valence-corrected chi connectivity index (χ2v) is 6.88. The Morgan fingerprint density at radius 3 is 2.65 bits per heavy atom. The zero-order chi connectivity index (χ0) is 17.0. The SMILES string of the molecule is COc1cccc(O)c1S(=O)(=O)N(C)CC(O)c1cccnc1. The number of likely N-dealkylation sites (N-methyl/N-ethyl adjacent to an activating group) is 1. The van der Waals surface area contributed by atoms with Crippen LogP contribution in [0.15, 0.2) is 47.6 Å². The average molecular weight is 338 g/mol. The molecule has 0 saturated carbocycles. The van der Waals surface area contributed by atoms with Gasteiger partial charge in [0.05, 0.1) is 13.2 Å². The van der Waals surface area contributed by atoms with Gasteiger partial charge in [-0.3, -0.25) is 4.98 Å². The molecule has 124 valence electrons. The van der Waals surface area contributed by atoms with Gasteiger partial charge in [0.25, 0.3) is 0 Å². The van der Waals surface area contributed by atoms with Crippen LogP contribution < -0.4 is 4.74 Å². The molecule has 2 aromatic rings. The molecule has 0 aliphatic rings. The molecule has 1 aromatic carbocycles. The van der Waals surface area contributed by atoms with Gasteiger partial charge in [0.15, 0.2) is 4.90 Å². The molecule has 0 bridgehead atoms. The van der Waals surface area contributed by atoms with Gasteiger partial charge in [-0.25, -0.2) is 8.42 Å². The van der Waals surface area contributed by atoms with Crippen LogP contribution in [0.1, 0.15) is 11.7 Å². The average Bonchev–Trinajstić information content (AvgIpc) is 2.54. The van der Waals surface area contributed by atoms with Crippen molar-refractivity contribution in [1.29, 1.82) is 0 Å². The minimum Gasteiger partial charge on any atom is -0.506 e. The second kappa shape index (κ2) is 6.95. The van der Waals surface area contributed by atoms with E-state index in [0.29, 0.717) is 5.56 Å². The van der Waals surface area contributed by atoms with E-state index < -0.39 is 21.9 Å². The van der Waals surface area contributed by atoms with Gasteiger partial charge >= 0.3 is 0 Å². The van der Waals surface area contributed by atoms with Gasteiger partial charge in [-0.2, -0.15) is 4.31 Å². The number of sulfonamides is 1. The summed E-state index contributed by atoms with van der Waals surface area (Å²) in [5.41, 5.74) is 0.499. The highest BCUT2D eigenvalue weighted by atomic mass is 32.2. The van der Waals surface area contributed by atoms with Crippen LogP contribution in [0.3, 0.4) is 0 Å². The smallest absolute Gasteiger partial charge is 0.250 e. The van der Waals surface area contributed by atoms with Gasteiger partial charge in [0.2, 0.25) is 10.0 Å². The molecule has 7 nitrogen and oxygen atoms in total. The zero-order valence-electron chi connectivity index (χ0n) is 12.7. The lowest BCUT2D eigenvalue weighted by Crippen LogP contribution is -2.31. The monoisotopic (exact) mass is 338 g/mol. The maximum absolute atomic E-state index is 12.7. The van der Waals surface area contributed by atoms with E-state index in [2.05, 4.69) is 4.98 Å². The first-order valence-corrected chi connectivity index (χ1v) is 8.22. The molecule has 1 aromatic heterocycles. The van der Waals surface area contributed by atoms with Crippen molar-refractivity contribution in [3.05, 3.63) is 48.3 Å². The Balaban J connectivity index is 2.30. The highest BCUT2D eigenvalue weighted by Gasteiger charge is 2.29. The molecule has 0 radical (unpaired) electrons. The summed E-state index contributed by atoms with van der Waals surface area (Å²) >= 11 is 0. The van der Waals surface area contributed by atoms with E-state index in [9.17, 15) is 18.6 Å². The van der Waals surface area contributed by atoms with Crippen LogP contribution >= 0.6 is 0 Å². The minimum atomic E-state index is -4.04. The summed E-state index contributed by atoms with van der Waals surface area (Å²) in [7, 11) is -1.40. The standard InChI is InChI=1S/C15H18N2O5S/c1-17(10-13(19)11-5-4-8-16-9-11)23(20,21)15-12(18)6-3-7-14(15)22-2/h3-9,13,18-19H,10H2,1-2H3. The Hall–Kier alpha value is -2.16. The van der Waals surface area contributed by atoms with Crippen molar-refractivity contribution >= 4 is 10.0 Å². The van der Waals surface area contributed by atoms with E-state index >= 15 is 0 Å². The number of pyridine rings is 1. The number of methoxy groups -OCH3 is 1. The van der Waals surface area contributed by atoms with Crippen LogP contribution in [0.4, 0.5) is 0 Å². The largest absolute Gasteiger partial charge is 0.506 e. The first-order chi connectivity index (χ1) is 10.9. The van der Waals surface area contributed by atoms with E-state index in [4.69, 9.17) is 4.74 Å². The molecule has 0 amide bonds. The second-order valence-electron chi connectivity index (χ2n) is 4.90. The maximum Gasteiger partial charge on any atom is 0.250 e. The fourth-order valence-corrected chi connectivity index (χ4v) is 3.49.